The van der Waals surface area contributed by atoms with Gasteiger partial charge in [0.1, 0.15) is 5.82 Å². The molecule has 0 unspecified atom stereocenters. The largest absolute Gasteiger partial charge is 0.324 e. The van der Waals surface area contributed by atoms with Crippen molar-refractivity contribution < 1.29 is 4.79 Å². The topological polar surface area (TPSA) is 59.8 Å². The second-order valence-corrected chi connectivity index (χ2v) is 7.05. The number of nitrogens with zero attached hydrogens (tertiary/aromatic N) is 3. The van der Waals surface area contributed by atoms with E-state index in [0.717, 1.165) is 11.0 Å². The van der Waals surface area contributed by atoms with E-state index in [1.165, 1.54) is 37.4 Å². The number of carbonyl (C=O) groups is 1. The van der Waals surface area contributed by atoms with Crippen LogP contribution in [0.25, 0.3) is 0 Å². The predicted octanol–water partition coefficient (Wildman–Crippen LogP) is 3.86. The maximum absolute atomic E-state index is 12.1. The lowest BCUT2D eigenvalue weighted by atomic mass is 10.1. The van der Waals surface area contributed by atoms with Gasteiger partial charge in [-0.15, -0.1) is 10.2 Å². The number of hydrogen-bond acceptors (Lipinski definition) is 4. The van der Waals surface area contributed by atoms with E-state index in [-0.39, 0.29) is 11.7 Å². The summed E-state index contributed by atoms with van der Waals surface area (Å²) in [4.78, 5) is 12.1. The molecule has 0 spiro atoms. The number of hydrogen-bond donors (Lipinski definition) is 1. The molecule has 0 bridgehead atoms. The van der Waals surface area contributed by atoms with Gasteiger partial charge >= 0.3 is 0 Å². The van der Waals surface area contributed by atoms with E-state index in [0.29, 0.717) is 16.6 Å². The minimum atomic E-state index is -0.103. The number of halogens is 1. The molecule has 23 heavy (non-hydrogen) atoms. The SMILES string of the molecule is Cn1c(SCC(=O)Nc2ccccc2Cl)nnc1C1CCCC1. The van der Waals surface area contributed by atoms with Gasteiger partial charge in [0.25, 0.3) is 0 Å². The minimum Gasteiger partial charge on any atom is -0.324 e. The van der Waals surface area contributed by atoms with Crippen molar-refractivity contribution in [3.8, 4) is 0 Å². The number of carbonyl (C=O) groups excluding carboxylic acids is 1. The fourth-order valence-electron chi connectivity index (χ4n) is 2.87. The summed E-state index contributed by atoms with van der Waals surface area (Å²) in [6, 6.07) is 7.20. The third kappa shape index (κ3) is 3.87. The number of benzene rings is 1. The summed E-state index contributed by atoms with van der Waals surface area (Å²) in [5, 5.41) is 12.7. The van der Waals surface area contributed by atoms with Crippen LogP contribution in [-0.4, -0.2) is 26.4 Å². The smallest absolute Gasteiger partial charge is 0.234 e. The van der Waals surface area contributed by atoms with E-state index in [4.69, 9.17) is 11.6 Å². The van der Waals surface area contributed by atoms with Crippen LogP contribution in [0.5, 0.6) is 0 Å². The van der Waals surface area contributed by atoms with Gasteiger partial charge in [0.2, 0.25) is 5.91 Å². The lowest BCUT2D eigenvalue weighted by Gasteiger charge is -2.09. The van der Waals surface area contributed by atoms with Crippen molar-refractivity contribution >= 4 is 35.0 Å². The number of para-hydroxylation sites is 1. The van der Waals surface area contributed by atoms with Crippen LogP contribution in [0.1, 0.15) is 37.4 Å². The van der Waals surface area contributed by atoms with Crippen LogP contribution in [0, 0.1) is 0 Å². The highest BCUT2D eigenvalue weighted by Crippen LogP contribution is 2.34. The Hall–Kier alpha value is -1.53. The van der Waals surface area contributed by atoms with Crippen molar-refractivity contribution in [3.63, 3.8) is 0 Å². The number of rotatable bonds is 5. The second kappa shape index (κ2) is 7.36. The Morgan fingerprint density at radius 3 is 2.83 bits per heavy atom. The molecule has 1 aromatic carbocycles. The zero-order chi connectivity index (χ0) is 16.2. The monoisotopic (exact) mass is 350 g/mol. The van der Waals surface area contributed by atoms with Crippen LogP contribution in [0.15, 0.2) is 29.4 Å². The number of nitrogens with one attached hydrogen (secondary N) is 1. The molecule has 1 aliphatic carbocycles. The van der Waals surface area contributed by atoms with E-state index in [1.54, 1.807) is 12.1 Å². The molecule has 1 amide bonds. The van der Waals surface area contributed by atoms with Crippen molar-refractivity contribution in [1.29, 1.82) is 0 Å². The normalized spacial score (nSPS) is 15.0. The Kier molecular flexibility index (Phi) is 5.23. The first-order chi connectivity index (χ1) is 11.1. The maximum Gasteiger partial charge on any atom is 0.234 e. The van der Waals surface area contributed by atoms with Crippen LogP contribution in [0.2, 0.25) is 5.02 Å². The van der Waals surface area contributed by atoms with E-state index in [9.17, 15) is 4.79 Å². The van der Waals surface area contributed by atoms with Crippen LogP contribution >= 0.6 is 23.4 Å². The third-order valence-electron chi connectivity index (χ3n) is 4.07. The van der Waals surface area contributed by atoms with Crippen LogP contribution in [0.4, 0.5) is 5.69 Å². The Morgan fingerprint density at radius 1 is 1.35 bits per heavy atom. The van der Waals surface area contributed by atoms with Crippen LogP contribution in [0.3, 0.4) is 0 Å². The molecule has 7 heteroatoms. The Bertz CT molecular complexity index is 697. The lowest BCUT2D eigenvalue weighted by Crippen LogP contribution is -2.14. The quantitative estimate of drug-likeness (QED) is 0.832. The van der Waals surface area contributed by atoms with Crippen molar-refractivity contribution in [3.05, 3.63) is 35.1 Å². The van der Waals surface area contributed by atoms with Gasteiger partial charge in [0.15, 0.2) is 5.16 Å². The summed E-state index contributed by atoms with van der Waals surface area (Å²) in [7, 11) is 1.97. The van der Waals surface area contributed by atoms with Gasteiger partial charge in [-0.2, -0.15) is 0 Å². The van der Waals surface area contributed by atoms with Gasteiger partial charge in [0, 0.05) is 13.0 Å². The summed E-state index contributed by atoms with van der Waals surface area (Å²) in [6.07, 6.45) is 4.90. The molecular weight excluding hydrogens is 332 g/mol. The number of thioether (sulfide) groups is 1. The summed E-state index contributed by atoms with van der Waals surface area (Å²) < 4.78 is 2.02. The molecule has 1 N–H and O–H groups in total. The summed E-state index contributed by atoms with van der Waals surface area (Å²) >= 11 is 7.43. The van der Waals surface area contributed by atoms with E-state index < -0.39 is 0 Å². The summed E-state index contributed by atoms with van der Waals surface area (Å²) in [5.74, 6) is 1.73. The lowest BCUT2D eigenvalue weighted by molar-refractivity contribution is -0.113. The van der Waals surface area contributed by atoms with Crippen molar-refractivity contribution in [1.82, 2.24) is 14.8 Å². The van der Waals surface area contributed by atoms with E-state index >= 15 is 0 Å². The van der Waals surface area contributed by atoms with Crippen LogP contribution in [-0.2, 0) is 11.8 Å². The van der Waals surface area contributed by atoms with Gasteiger partial charge < -0.3 is 9.88 Å². The third-order valence-corrected chi connectivity index (χ3v) is 5.42. The van der Waals surface area contributed by atoms with Crippen molar-refractivity contribution in [2.24, 2.45) is 7.05 Å². The molecule has 1 fully saturated rings. The molecule has 0 saturated heterocycles. The minimum absolute atomic E-state index is 0.103. The fraction of sp³-hybridized carbons (Fsp3) is 0.438. The molecule has 1 aliphatic rings. The molecule has 2 aromatic rings. The average molecular weight is 351 g/mol. The zero-order valence-electron chi connectivity index (χ0n) is 13.0. The van der Waals surface area contributed by atoms with Crippen molar-refractivity contribution in [2.75, 3.05) is 11.1 Å². The highest BCUT2D eigenvalue weighted by atomic mass is 35.5. The maximum atomic E-state index is 12.1. The van der Waals surface area contributed by atoms with Gasteiger partial charge in [-0.1, -0.05) is 48.3 Å². The Balaban J connectivity index is 1.58. The molecule has 0 aliphatic heterocycles. The second-order valence-electron chi connectivity index (χ2n) is 5.70. The van der Waals surface area contributed by atoms with Crippen molar-refractivity contribution in [2.45, 2.75) is 36.8 Å². The molecule has 1 saturated carbocycles. The standard InChI is InChI=1S/C16H19ClN4OS/c1-21-15(11-6-2-3-7-11)19-20-16(21)23-10-14(22)18-13-9-5-4-8-12(13)17/h4-5,8-9,11H,2-3,6-7,10H2,1H3,(H,18,22). The molecule has 0 atom stereocenters. The molecular formula is C16H19ClN4OS. The van der Waals surface area contributed by atoms with E-state index in [2.05, 4.69) is 15.5 Å². The predicted molar refractivity (Wildman–Crippen MR) is 93.0 cm³/mol. The number of aromatic nitrogens is 3. The first-order valence-corrected chi connectivity index (χ1v) is 9.08. The summed E-state index contributed by atoms with van der Waals surface area (Å²) in [5.41, 5.74) is 0.629. The molecule has 5 nitrogen and oxygen atoms in total. The van der Waals surface area contributed by atoms with E-state index in [1.807, 2.05) is 23.7 Å². The highest BCUT2D eigenvalue weighted by molar-refractivity contribution is 7.99. The number of amides is 1. The first kappa shape index (κ1) is 16.3. The molecule has 1 aromatic heterocycles. The van der Waals surface area contributed by atoms with Crippen LogP contribution < -0.4 is 5.32 Å². The first-order valence-electron chi connectivity index (χ1n) is 7.71. The molecule has 1 heterocycles. The highest BCUT2D eigenvalue weighted by Gasteiger charge is 2.23. The van der Waals surface area contributed by atoms with Gasteiger partial charge in [0.05, 0.1) is 16.5 Å². The zero-order valence-corrected chi connectivity index (χ0v) is 14.5. The average Bonchev–Trinajstić information content (AvgIpc) is 3.17. The Morgan fingerprint density at radius 2 is 2.09 bits per heavy atom. The van der Waals surface area contributed by atoms with Gasteiger partial charge in [-0.05, 0) is 25.0 Å². The number of anilines is 1. The van der Waals surface area contributed by atoms with Gasteiger partial charge in [-0.25, -0.2) is 0 Å². The fourth-order valence-corrected chi connectivity index (χ4v) is 3.77. The molecule has 0 radical (unpaired) electrons. The Labute approximate surface area is 144 Å². The molecule has 122 valence electrons. The van der Waals surface area contributed by atoms with Gasteiger partial charge in [-0.3, -0.25) is 4.79 Å². The molecule has 3 rings (SSSR count). The summed E-state index contributed by atoms with van der Waals surface area (Å²) in [6.45, 7) is 0.